The van der Waals surface area contributed by atoms with Crippen LogP contribution < -0.4 is 11.1 Å². The van der Waals surface area contributed by atoms with Gasteiger partial charge in [0.25, 0.3) is 5.91 Å². The summed E-state index contributed by atoms with van der Waals surface area (Å²) in [6.45, 7) is 3.96. The van der Waals surface area contributed by atoms with Crippen molar-refractivity contribution in [2.24, 2.45) is 5.73 Å². The average molecular weight is 453 g/mol. The van der Waals surface area contributed by atoms with E-state index >= 15 is 0 Å². The van der Waals surface area contributed by atoms with Crippen LogP contribution in [-0.2, 0) is 11.2 Å². The Morgan fingerprint density at radius 1 is 0.941 bits per heavy atom. The predicted molar refractivity (Wildman–Crippen MR) is 134 cm³/mol. The molecule has 0 saturated carbocycles. The summed E-state index contributed by atoms with van der Waals surface area (Å²) in [6.07, 6.45) is 1.08. The van der Waals surface area contributed by atoms with E-state index < -0.39 is 0 Å². The van der Waals surface area contributed by atoms with Gasteiger partial charge in [0.15, 0.2) is 0 Å². The maximum atomic E-state index is 13.3. The van der Waals surface area contributed by atoms with Gasteiger partial charge in [-0.2, -0.15) is 5.10 Å². The third-order valence-electron chi connectivity index (χ3n) is 5.78. The molecule has 0 fully saturated rings. The predicted octanol–water partition coefficient (Wildman–Crippen LogP) is 5.00. The summed E-state index contributed by atoms with van der Waals surface area (Å²) in [5.74, 6) is -0.831. The van der Waals surface area contributed by atoms with Gasteiger partial charge < -0.3 is 11.1 Å². The zero-order chi connectivity index (χ0) is 24.1. The lowest BCUT2D eigenvalue weighted by Gasteiger charge is -2.18. The monoisotopic (exact) mass is 452 g/mol. The molecule has 0 spiro atoms. The van der Waals surface area contributed by atoms with E-state index in [0.29, 0.717) is 11.4 Å². The van der Waals surface area contributed by atoms with Gasteiger partial charge in [-0.1, -0.05) is 61.5 Å². The Hall–Kier alpha value is -4.19. The third kappa shape index (κ3) is 5.23. The van der Waals surface area contributed by atoms with E-state index in [0.717, 1.165) is 28.9 Å². The minimum Gasteiger partial charge on any atom is -0.370 e. The van der Waals surface area contributed by atoms with Crippen LogP contribution in [0.4, 0.5) is 5.69 Å². The largest absolute Gasteiger partial charge is 0.370 e. The lowest BCUT2D eigenvalue weighted by Crippen LogP contribution is -2.18. The van der Waals surface area contributed by atoms with Crippen LogP contribution in [0.15, 0.2) is 84.9 Å². The summed E-state index contributed by atoms with van der Waals surface area (Å²) in [5.41, 5.74) is 11.3. The summed E-state index contributed by atoms with van der Waals surface area (Å²) in [4.78, 5) is 25.0. The summed E-state index contributed by atoms with van der Waals surface area (Å²) >= 11 is 0. The van der Waals surface area contributed by atoms with Crippen LogP contribution in [0.1, 0.15) is 52.1 Å². The second kappa shape index (κ2) is 10.2. The number of hydrogen-bond donors (Lipinski definition) is 2. The minimum atomic E-state index is -0.378. The van der Waals surface area contributed by atoms with Crippen molar-refractivity contribution >= 4 is 17.5 Å². The van der Waals surface area contributed by atoms with Crippen LogP contribution in [-0.4, -0.2) is 21.6 Å². The van der Waals surface area contributed by atoms with Crippen molar-refractivity contribution in [1.82, 2.24) is 9.78 Å². The first-order valence-corrected chi connectivity index (χ1v) is 11.3. The number of amides is 2. The standard InChI is InChI=1S/C28H28N4O2/c1-3-20-9-7-14-24(16-20)32-26(15-19(2)31-32)28(34)30-23-13-8-12-22(17-23)25(18-27(29)33)21-10-5-4-6-11-21/h4-17,25H,3,18H2,1-2H3,(H2,29,33)(H,30,34). The highest BCUT2D eigenvalue weighted by molar-refractivity contribution is 6.03. The molecule has 0 aliphatic carbocycles. The lowest BCUT2D eigenvalue weighted by molar-refractivity contribution is -0.118. The number of carbonyl (C=O) groups excluding carboxylic acids is 2. The Labute approximate surface area is 199 Å². The number of aryl methyl sites for hydroxylation is 2. The van der Waals surface area contributed by atoms with Gasteiger partial charge >= 0.3 is 0 Å². The Morgan fingerprint density at radius 2 is 1.68 bits per heavy atom. The lowest BCUT2D eigenvalue weighted by atomic mass is 9.88. The Balaban J connectivity index is 1.63. The van der Waals surface area contributed by atoms with Crippen molar-refractivity contribution in [3.8, 4) is 5.69 Å². The number of anilines is 1. The average Bonchev–Trinajstić information content (AvgIpc) is 3.25. The fourth-order valence-electron chi connectivity index (χ4n) is 4.11. The molecule has 6 nitrogen and oxygen atoms in total. The molecular formula is C28H28N4O2. The molecule has 0 bridgehead atoms. The molecule has 1 heterocycles. The molecule has 0 radical (unpaired) electrons. The van der Waals surface area contributed by atoms with E-state index in [9.17, 15) is 9.59 Å². The van der Waals surface area contributed by atoms with Crippen molar-refractivity contribution < 1.29 is 9.59 Å². The van der Waals surface area contributed by atoms with E-state index in [1.807, 2.05) is 79.7 Å². The molecule has 2 amide bonds. The van der Waals surface area contributed by atoms with Crippen molar-refractivity contribution in [3.63, 3.8) is 0 Å². The SMILES string of the molecule is CCc1cccc(-n2nc(C)cc2C(=O)Nc2cccc(C(CC(N)=O)c3ccccc3)c2)c1. The number of carbonyl (C=O) groups is 2. The van der Waals surface area contributed by atoms with Gasteiger partial charge in [0.05, 0.1) is 11.4 Å². The molecule has 6 heteroatoms. The van der Waals surface area contributed by atoms with Crippen molar-refractivity contribution in [1.29, 1.82) is 0 Å². The Kier molecular flexibility index (Phi) is 6.87. The number of nitrogens with zero attached hydrogens (tertiary/aromatic N) is 2. The van der Waals surface area contributed by atoms with Gasteiger partial charge in [-0.3, -0.25) is 9.59 Å². The summed E-state index contributed by atoms with van der Waals surface area (Å²) < 4.78 is 1.67. The van der Waals surface area contributed by atoms with Gasteiger partial charge in [-0.05, 0) is 60.4 Å². The van der Waals surface area contributed by atoms with E-state index in [-0.39, 0.29) is 24.2 Å². The van der Waals surface area contributed by atoms with Crippen LogP contribution in [0.3, 0.4) is 0 Å². The van der Waals surface area contributed by atoms with Gasteiger partial charge in [-0.15, -0.1) is 0 Å². The Bertz CT molecular complexity index is 1310. The number of benzene rings is 3. The van der Waals surface area contributed by atoms with Gasteiger partial charge in [0, 0.05) is 18.0 Å². The number of aromatic nitrogens is 2. The zero-order valence-electron chi connectivity index (χ0n) is 19.4. The molecule has 1 aromatic heterocycles. The van der Waals surface area contributed by atoms with Gasteiger partial charge in [0.1, 0.15) is 5.69 Å². The van der Waals surface area contributed by atoms with Crippen molar-refractivity contribution in [2.75, 3.05) is 5.32 Å². The van der Waals surface area contributed by atoms with Crippen LogP contribution in [0.25, 0.3) is 5.69 Å². The van der Waals surface area contributed by atoms with E-state index in [1.54, 1.807) is 10.7 Å². The molecule has 3 N–H and O–H groups in total. The topological polar surface area (TPSA) is 90.0 Å². The normalized spacial score (nSPS) is 11.7. The van der Waals surface area contributed by atoms with E-state index in [4.69, 9.17) is 5.73 Å². The number of primary amides is 1. The first-order valence-electron chi connectivity index (χ1n) is 11.3. The van der Waals surface area contributed by atoms with Crippen LogP contribution in [0.2, 0.25) is 0 Å². The molecular weight excluding hydrogens is 424 g/mol. The van der Waals surface area contributed by atoms with Crippen LogP contribution in [0, 0.1) is 6.92 Å². The number of nitrogens with one attached hydrogen (secondary N) is 1. The smallest absolute Gasteiger partial charge is 0.274 e. The number of hydrogen-bond acceptors (Lipinski definition) is 3. The fourth-order valence-corrected chi connectivity index (χ4v) is 4.11. The fraction of sp³-hybridized carbons (Fsp3) is 0.179. The Morgan fingerprint density at radius 3 is 2.41 bits per heavy atom. The molecule has 0 aliphatic heterocycles. The highest BCUT2D eigenvalue weighted by Crippen LogP contribution is 2.29. The molecule has 1 atom stereocenters. The third-order valence-corrected chi connectivity index (χ3v) is 5.78. The van der Waals surface area contributed by atoms with Gasteiger partial charge in [-0.25, -0.2) is 4.68 Å². The van der Waals surface area contributed by atoms with E-state index in [2.05, 4.69) is 23.4 Å². The summed E-state index contributed by atoms with van der Waals surface area (Å²) in [5, 5.41) is 7.54. The van der Waals surface area contributed by atoms with Crippen LogP contribution >= 0.6 is 0 Å². The molecule has 34 heavy (non-hydrogen) atoms. The molecule has 172 valence electrons. The van der Waals surface area contributed by atoms with Crippen molar-refractivity contribution in [3.05, 3.63) is 113 Å². The molecule has 3 aromatic carbocycles. The molecule has 1 unspecified atom stereocenters. The maximum absolute atomic E-state index is 13.3. The highest BCUT2D eigenvalue weighted by atomic mass is 16.2. The quantitative estimate of drug-likeness (QED) is 0.394. The summed E-state index contributed by atoms with van der Waals surface area (Å²) in [6, 6.07) is 27.1. The summed E-state index contributed by atoms with van der Waals surface area (Å²) in [7, 11) is 0. The second-order valence-electron chi connectivity index (χ2n) is 8.32. The molecule has 0 saturated heterocycles. The molecule has 0 aliphatic rings. The van der Waals surface area contributed by atoms with Crippen LogP contribution in [0.5, 0.6) is 0 Å². The van der Waals surface area contributed by atoms with E-state index in [1.165, 1.54) is 5.56 Å². The van der Waals surface area contributed by atoms with Crippen molar-refractivity contribution in [2.45, 2.75) is 32.6 Å². The minimum absolute atomic E-state index is 0.182. The molecule has 4 rings (SSSR count). The zero-order valence-corrected chi connectivity index (χ0v) is 19.4. The number of nitrogens with two attached hydrogens (primary N) is 1. The molecule has 4 aromatic rings. The maximum Gasteiger partial charge on any atom is 0.274 e. The highest BCUT2D eigenvalue weighted by Gasteiger charge is 2.19. The first kappa shape index (κ1) is 23.0. The van der Waals surface area contributed by atoms with Gasteiger partial charge in [0.2, 0.25) is 5.91 Å². The number of rotatable bonds is 8. The first-order chi connectivity index (χ1) is 16.4. The second-order valence-corrected chi connectivity index (χ2v) is 8.32.